The van der Waals surface area contributed by atoms with Crippen LogP contribution in [0.15, 0.2) is 212 Å². The van der Waals surface area contributed by atoms with Crippen LogP contribution < -0.4 is 42.6 Å². The van der Waals surface area contributed by atoms with Crippen LogP contribution in [-0.2, 0) is 14.2 Å². The van der Waals surface area contributed by atoms with Crippen LogP contribution >= 0.6 is 105 Å². The smallest absolute Gasteiger partial charge is 0.345 e. The molecule has 21 nitrogen and oxygen atoms in total. The van der Waals surface area contributed by atoms with Gasteiger partial charge in [-0.05, 0) is 214 Å². The molecule has 0 spiro atoms. The fourth-order valence-electron chi connectivity index (χ4n) is 8.02. The van der Waals surface area contributed by atoms with Crippen LogP contribution in [-0.4, -0.2) is 89.5 Å². The Hall–Kier alpha value is -9.00. The predicted molar refractivity (Wildman–Crippen MR) is 394 cm³/mol. The van der Waals surface area contributed by atoms with Gasteiger partial charge in [-0.2, -0.15) is 0 Å². The van der Waals surface area contributed by atoms with E-state index in [1.54, 1.807) is 84.9 Å². The summed E-state index contributed by atoms with van der Waals surface area (Å²) in [6, 6.07) is 57.0. The van der Waals surface area contributed by atoms with Crippen molar-refractivity contribution in [3.63, 3.8) is 0 Å². The van der Waals surface area contributed by atoms with Gasteiger partial charge in [-0.15, -0.1) is 34.0 Å². The molecule has 0 aliphatic heterocycles. The number of nitrogens with zero attached hydrogens (tertiary/aromatic N) is 2. The normalized spacial score (nSPS) is 9.99. The first-order chi connectivity index (χ1) is 47.1. The summed E-state index contributed by atoms with van der Waals surface area (Å²) >= 11 is 24.3. The zero-order chi connectivity index (χ0) is 72.9. The summed E-state index contributed by atoms with van der Waals surface area (Å²) in [5, 5.41) is 31.7. The Bertz CT molecular complexity index is 4350. The van der Waals surface area contributed by atoms with Crippen LogP contribution in [0.1, 0.15) is 98.1 Å². The molecule has 0 radical (unpaired) electrons. The van der Waals surface area contributed by atoms with Crippen molar-refractivity contribution in [2.45, 2.75) is 39.8 Å². The van der Waals surface area contributed by atoms with E-state index in [2.05, 4.69) is 68.3 Å². The lowest BCUT2D eigenvalue weighted by atomic mass is 10.1. The lowest BCUT2D eigenvalue weighted by Gasteiger charge is -2.28. The summed E-state index contributed by atoms with van der Waals surface area (Å²) in [6.07, 6.45) is 0. The van der Waals surface area contributed by atoms with Gasteiger partial charge in [-0.25, -0.2) is 24.0 Å². The molecule has 3 aromatic heterocycles. The van der Waals surface area contributed by atoms with Crippen LogP contribution in [0.4, 0.5) is 22.7 Å². The van der Waals surface area contributed by atoms with Crippen LogP contribution in [0.5, 0.6) is 34.5 Å². The second-order valence-electron chi connectivity index (χ2n) is 20.1. The quantitative estimate of drug-likeness (QED) is 0.0204. The molecule has 0 atom stereocenters. The molecule has 10 aromatic rings. The van der Waals surface area contributed by atoms with Crippen molar-refractivity contribution in [3.8, 4) is 34.5 Å². The fraction of sp³-hybridized carbons (Fsp3) is 0.129. The first-order valence-corrected chi connectivity index (χ1v) is 34.4. The topological polar surface area (TPSA) is 301 Å². The first kappa shape index (κ1) is 83.4. The Morgan fingerprint density at radius 1 is 0.510 bits per heavy atom. The summed E-state index contributed by atoms with van der Waals surface area (Å²) in [4.78, 5) is 92.9. The Morgan fingerprint density at radius 2 is 0.920 bits per heavy atom. The van der Waals surface area contributed by atoms with Gasteiger partial charge in [0.25, 0.3) is 16.8 Å². The molecule has 6 N–H and O–H groups in total. The number of anilines is 2. The largest absolute Gasteiger partial charge is 1.00 e. The molecule has 0 saturated carbocycles. The number of para-hydroxylation sites is 3. The third kappa shape index (κ3) is 26.9. The van der Waals surface area contributed by atoms with E-state index in [1.807, 2.05) is 119 Å². The number of hydrogen-bond acceptors (Lipinski definition) is 19. The molecule has 30 heteroatoms. The average molecular weight is 1670 g/mol. The number of nitro groups is 1. The van der Waals surface area contributed by atoms with Crippen molar-refractivity contribution < 1.29 is 95.3 Å². The second kappa shape index (κ2) is 42.2. The minimum Gasteiger partial charge on any atom is -1.00 e. The number of amides is 1. The van der Waals surface area contributed by atoms with E-state index in [0.717, 1.165) is 36.0 Å². The Kier molecular flexibility index (Phi) is 35.2. The zero-order valence-corrected chi connectivity index (χ0v) is 63.3. The van der Waals surface area contributed by atoms with Crippen LogP contribution in [0.2, 0.25) is 5.02 Å². The van der Waals surface area contributed by atoms with Gasteiger partial charge in [0.05, 0.1) is 64.2 Å². The number of thiophene rings is 3. The van der Waals surface area contributed by atoms with Gasteiger partial charge in [-0.3, -0.25) is 19.7 Å². The molecule has 3 heterocycles. The van der Waals surface area contributed by atoms with Crippen LogP contribution in [0, 0.1) is 10.1 Å². The predicted octanol–water partition coefficient (Wildman–Crippen LogP) is 16.4. The maximum absolute atomic E-state index is 13.0. The van der Waals surface area contributed by atoms with Gasteiger partial charge in [0.15, 0.2) is 0 Å². The monoisotopic (exact) mass is 1670 g/mol. The molecule has 0 aliphatic carbocycles. The number of ether oxygens (including phenoxy) is 6. The molecule has 0 aliphatic rings. The van der Waals surface area contributed by atoms with Gasteiger partial charge < -0.3 is 67.0 Å². The number of methoxy groups -OCH3 is 3. The van der Waals surface area contributed by atoms with E-state index >= 15 is 0 Å². The van der Waals surface area contributed by atoms with Gasteiger partial charge in [-0.1, -0.05) is 66.2 Å². The van der Waals surface area contributed by atoms with Crippen LogP contribution in [0.3, 0.4) is 0 Å². The number of benzene rings is 7. The number of esters is 3. The molecule has 0 bridgehead atoms. The van der Waals surface area contributed by atoms with Crippen molar-refractivity contribution in [3.05, 3.63) is 264 Å². The Labute approximate surface area is 628 Å². The number of carboxylic acid groups (broad SMARTS) is 2. The van der Waals surface area contributed by atoms with E-state index in [0.29, 0.717) is 65.9 Å². The second-order valence-corrected chi connectivity index (χ2v) is 28.3. The van der Waals surface area contributed by atoms with Crippen molar-refractivity contribution in [2.75, 3.05) is 31.5 Å². The number of rotatable bonds is 18. The molecule has 7 aromatic carbocycles. The summed E-state index contributed by atoms with van der Waals surface area (Å²) in [7, 11) is 3.85. The number of nitrogens with one attached hydrogen (secondary N) is 1. The van der Waals surface area contributed by atoms with Crippen molar-refractivity contribution in [1.29, 1.82) is 0 Å². The number of halogens is 6. The van der Waals surface area contributed by atoms with E-state index in [4.69, 9.17) is 47.3 Å². The number of quaternary nitrogens is 1. The van der Waals surface area contributed by atoms with Gasteiger partial charge in [0, 0.05) is 41.0 Å². The lowest BCUT2D eigenvalue weighted by molar-refractivity contribution is -0.385. The van der Waals surface area contributed by atoms with E-state index in [9.17, 15) is 48.8 Å². The summed E-state index contributed by atoms with van der Waals surface area (Å²) in [5.41, 5.74) is 5.86. The minimum absolute atomic E-state index is 0. The number of carboxylic acids is 2. The molecule has 524 valence electrons. The molecule has 100 heavy (non-hydrogen) atoms. The fourth-order valence-corrected chi connectivity index (χ4v) is 12.1. The number of carbonyl (C=O) groups is 7. The van der Waals surface area contributed by atoms with Crippen LogP contribution in [0.25, 0.3) is 0 Å². The first-order valence-electron chi connectivity index (χ1n) is 28.8. The highest BCUT2D eigenvalue weighted by molar-refractivity contribution is 9.11. The Morgan fingerprint density at radius 3 is 1.30 bits per heavy atom. The number of nitro benzene ring substituents is 1. The minimum atomic E-state index is -1.13. The highest BCUT2D eigenvalue weighted by atomic mass is 79.9. The average Bonchev–Trinajstić information content (AvgIpc) is 1.23. The summed E-state index contributed by atoms with van der Waals surface area (Å²) in [5.74, 6) is -0.230. The third-order valence-electron chi connectivity index (χ3n) is 12.4. The highest BCUT2D eigenvalue weighted by Crippen LogP contribution is 2.34. The SMILES string of the molecule is CC(C)N(C(=O)c1ccc(Br)s1)c1ccc(Oc2ccccc2)cc1C(=O)O.COC(=O)c1cc(Cl)ccc1[N+](=O)[O-].COC(=O)c1cc(Oc2ccccc2)ccc1NC(C)C.COC(=O)c1cc(Oc2ccccc2)ccc1[NH3+].O=C(Cl)c1ccc(Br)s1.O=C(O)c1ccc(Br)s1.[Cl-]. The molecular weight excluding hydrogens is 1610 g/mol. The van der Waals surface area contributed by atoms with E-state index < -0.39 is 40.0 Å². The molecule has 1 amide bonds. The number of hydrogen-bond donors (Lipinski definition) is 4. The molecule has 0 unspecified atom stereocenters. The van der Waals surface area contributed by atoms with Crippen molar-refractivity contribution in [2.24, 2.45) is 0 Å². The van der Waals surface area contributed by atoms with Gasteiger partial charge >= 0.3 is 29.8 Å². The van der Waals surface area contributed by atoms with E-state index in [1.165, 1.54) is 71.3 Å². The maximum atomic E-state index is 13.0. The maximum Gasteiger partial charge on any atom is 0.345 e. The van der Waals surface area contributed by atoms with Gasteiger partial charge in [0.2, 0.25) is 0 Å². The van der Waals surface area contributed by atoms with Gasteiger partial charge in [0.1, 0.15) is 56.2 Å². The summed E-state index contributed by atoms with van der Waals surface area (Å²) < 4.78 is 33.6. The van der Waals surface area contributed by atoms with Crippen molar-refractivity contribution >= 4 is 169 Å². The zero-order valence-electron chi connectivity index (χ0n) is 53.8. The highest BCUT2D eigenvalue weighted by Gasteiger charge is 2.27. The molecule has 0 fully saturated rings. The number of aromatic carboxylic acids is 2. The lowest BCUT2D eigenvalue weighted by Crippen LogP contribution is -3.00. The van der Waals surface area contributed by atoms with E-state index in [-0.39, 0.29) is 52.2 Å². The molecule has 0 saturated heterocycles. The summed E-state index contributed by atoms with van der Waals surface area (Å²) in [6.45, 7) is 7.71. The molecular formula is C70H62Br3Cl3N4O17S3. The standard InChI is InChI=1S/C21H18BrNO4S.C17H19NO3.C14H13NO3.C8H6ClNO4.C5H2BrClOS.C5H3BrO2S.ClH/c1-13(2)23(20(24)18-10-11-19(22)28-18)17-9-8-15(12-16(17)21(25)26)27-14-6-4-3-5-7-14;1-12(2)18-16-10-9-14(11-15(16)17(19)20-3)21-13-7-5-4-6-8-13;1-17-14(16)12-9-11(7-8-13(12)15)18-10-5-3-2-4-6-10;1-14-8(11)6-4-5(9)2-3-7(6)10(12)13;2*6-4-2-1-3(9-4)5(7)8;/h3-13H,1-2H3,(H,25,26);4-12,18H,1-3H3;2-9H,15H2,1H3;2-4H,1H3;1-2H;1-2H,(H,7,8);1H. The third-order valence-corrected chi connectivity index (χ3v) is 17.7. The van der Waals surface area contributed by atoms with Crippen molar-refractivity contribution in [1.82, 2.24) is 0 Å². The number of carbonyl (C=O) groups excluding carboxylic acids is 5. The Balaban J connectivity index is 0.000000265. The molecule has 10 rings (SSSR count).